The Labute approximate surface area is 86.7 Å². The van der Waals surface area contributed by atoms with Gasteiger partial charge in [0.25, 0.3) is 0 Å². The Morgan fingerprint density at radius 1 is 1.14 bits per heavy atom. The zero-order valence-electron chi connectivity index (χ0n) is 9.21. The fourth-order valence-corrected chi connectivity index (χ4v) is 2.05. The van der Waals surface area contributed by atoms with Gasteiger partial charge in [0.2, 0.25) is 0 Å². The highest BCUT2D eigenvalue weighted by atomic mass is 31.2. The van der Waals surface area contributed by atoms with Crippen LogP contribution in [-0.2, 0) is 13.6 Å². The molecule has 0 aliphatic rings. The Kier molecular flexibility index (Phi) is 7.89. The largest absolute Gasteiger partial charge is 0.405 e. The summed E-state index contributed by atoms with van der Waals surface area (Å²) in [5, 5.41) is 0. The van der Waals surface area contributed by atoms with Gasteiger partial charge in [-0.2, -0.15) is 0 Å². The van der Waals surface area contributed by atoms with Crippen LogP contribution in [-0.4, -0.2) is 13.2 Å². The van der Waals surface area contributed by atoms with Crippen molar-refractivity contribution in [3.63, 3.8) is 0 Å². The van der Waals surface area contributed by atoms with Crippen molar-refractivity contribution in [3.8, 4) is 11.6 Å². The average molecular weight is 218 g/mol. The molecular weight excluding hydrogens is 199 g/mol. The third-order valence-corrected chi connectivity index (χ3v) is 3.10. The first-order valence-electron chi connectivity index (χ1n) is 5.07. The first-order chi connectivity index (χ1) is 6.68. The van der Waals surface area contributed by atoms with Crippen molar-refractivity contribution < 1.29 is 13.6 Å². The average Bonchev–Trinajstić information content (AvgIpc) is 2.13. The first kappa shape index (κ1) is 13.7. The van der Waals surface area contributed by atoms with Gasteiger partial charge in [0, 0.05) is 12.1 Å². The van der Waals surface area contributed by atoms with Crippen LogP contribution in [0.25, 0.3) is 0 Å². The zero-order chi connectivity index (χ0) is 10.9. The molecule has 0 atom stereocenters. The van der Waals surface area contributed by atoms with E-state index in [1.807, 2.05) is 0 Å². The summed E-state index contributed by atoms with van der Waals surface area (Å²) in [6.45, 7) is 6.37. The van der Waals surface area contributed by atoms with Crippen LogP contribution >= 0.6 is 7.60 Å². The van der Waals surface area contributed by atoms with Crippen molar-refractivity contribution in [3.05, 3.63) is 0 Å². The van der Waals surface area contributed by atoms with E-state index in [2.05, 4.69) is 18.5 Å². The molecule has 3 nitrogen and oxygen atoms in total. The quantitative estimate of drug-likeness (QED) is 0.389. The molecule has 0 aliphatic carbocycles. The molecule has 0 aromatic rings. The van der Waals surface area contributed by atoms with E-state index in [0.717, 1.165) is 19.3 Å². The normalized spacial score (nSPS) is 10.8. The lowest BCUT2D eigenvalue weighted by Gasteiger charge is -2.09. The van der Waals surface area contributed by atoms with Gasteiger partial charge in [-0.25, -0.2) is 4.57 Å². The highest BCUT2D eigenvalue weighted by Gasteiger charge is 2.19. The molecule has 0 amide bonds. The predicted octanol–water partition coefficient (Wildman–Crippen LogP) is 3.40. The van der Waals surface area contributed by atoms with Gasteiger partial charge in [0.05, 0.1) is 13.2 Å². The monoisotopic (exact) mass is 218 g/mol. The van der Waals surface area contributed by atoms with Crippen LogP contribution in [0.15, 0.2) is 0 Å². The van der Waals surface area contributed by atoms with Gasteiger partial charge in [0.15, 0.2) is 0 Å². The topological polar surface area (TPSA) is 35.5 Å². The van der Waals surface area contributed by atoms with Gasteiger partial charge in [-0.15, -0.1) is 0 Å². The van der Waals surface area contributed by atoms with Crippen LogP contribution in [0.2, 0.25) is 0 Å². The predicted molar refractivity (Wildman–Crippen MR) is 58.2 cm³/mol. The van der Waals surface area contributed by atoms with Crippen molar-refractivity contribution in [1.82, 2.24) is 0 Å². The first-order valence-corrected chi connectivity index (χ1v) is 6.62. The highest BCUT2D eigenvalue weighted by Crippen LogP contribution is 2.46. The lowest BCUT2D eigenvalue weighted by molar-refractivity contribution is 0.230. The summed E-state index contributed by atoms with van der Waals surface area (Å²) in [7, 11) is -3.12. The second kappa shape index (κ2) is 8.05. The highest BCUT2D eigenvalue weighted by molar-refractivity contribution is 7.59. The maximum atomic E-state index is 11.8. The van der Waals surface area contributed by atoms with Crippen LogP contribution in [0.1, 0.15) is 40.0 Å². The molecular formula is C10H19O3P. The zero-order valence-corrected chi connectivity index (χ0v) is 10.1. The molecule has 0 saturated heterocycles. The van der Waals surface area contributed by atoms with E-state index in [-0.39, 0.29) is 0 Å². The van der Waals surface area contributed by atoms with Crippen molar-refractivity contribution >= 4 is 7.60 Å². The maximum Gasteiger partial charge on any atom is 0.405 e. The third-order valence-electron chi connectivity index (χ3n) is 1.47. The summed E-state index contributed by atoms with van der Waals surface area (Å²) in [4.78, 5) is 0. The molecule has 0 aromatic heterocycles. The minimum atomic E-state index is -3.12. The minimum absolute atomic E-state index is 0.361. The molecule has 0 N–H and O–H groups in total. The molecule has 0 fully saturated rings. The smallest absolute Gasteiger partial charge is 0.300 e. The number of rotatable bonds is 6. The minimum Gasteiger partial charge on any atom is -0.300 e. The van der Waals surface area contributed by atoms with Crippen molar-refractivity contribution in [2.75, 3.05) is 13.2 Å². The van der Waals surface area contributed by atoms with Crippen molar-refractivity contribution in [2.24, 2.45) is 0 Å². The summed E-state index contributed by atoms with van der Waals surface area (Å²) >= 11 is 0. The van der Waals surface area contributed by atoms with E-state index in [0.29, 0.717) is 13.2 Å². The van der Waals surface area contributed by atoms with Gasteiger partial charge >= 0.3 is 7.60 Å². The van der Waals surface area contributed by atoms with Crippen molar-refractivity contribution in [1.29, 1.82) is 0 Å². The molecule has 0 bridgehead atoms. The Morgan fingerprint density at radius 3 is 2.14 bits per heavy atom. The van der Waals surface area contributed by atoms with Crippen LogP contribution in [0.4, 0.5) is 0 Å². The molecule has 0 spiro atoms. The van der Waals surface area contributed by atoms with Crippen LogP contribution in [0.3, 0.4) is 0 Å². The van der Waals surface area contributed by atoms with Gasteiger partial charge < -0.3 is 0 Å². The Hall–Kier alpha value is -0.290. The van der Waals surface area contributed by atoms with Gasteiger partial charge in [-0.05, 0) is 20.3 Å². The van der Waals surface area contributed by atoms with E-state index in [9.17, 15) is 4.57 Å². The van der Waals surface area contributed by atoms with Crippen LogP contribution < -0.4 is 0 Å². The summed E-state index contributed by atoms with van der Waals surface area (Å²) in [5.74, 6) is 2.83. The molecule has 82 valence electrons. The standard InChI is InChI=1S/C10H19O3P/c1-4-7-8-9-10-14(11,12-5-2)13-6-3/h4-8H2,1-3H3. The van der Waals surface area contributed by atoms with Crippen LogP contribution in [0, 0.1) is 11.6 Å². The summed E-state index contributed by atoms with van der Waals surface area (Å²) in [6, 6.07) is 0. The van der Waals surface area contributed by atoms with Crippen molar-refractivity contribution in [2.45, 2.75) is 40.0 Å². The van der Waals surface area contributed by atoms with E-state index >= 15 is 0 Å². The second-order valence-electron chi connectivity index (χ2n) is 2.73. The number of unbranched alkanes of at least 4 members (excludes halogenated alkanes) is 2. The van der Waals surface area contributed by atoms with Gasteiger partial charge in [-0.3, -0.25) is 9.05 Å². The maximum absolute atomic E-state index is 11.8. The van der Waals surface area contributed by atoms with E-state index in [4.69, 9.17) is 9.05 Å². The lowest BCUT2D eigenvalue weighted by atomic mass is 10.3. The molecule has 4 heteroatoms. The number of hydrogen-bond donors (Lipinski definition) is 0. The Bertz CT molecular complexity index is 229. The lowest BCUT2D eigenvalue weighted by Crippen LogP contribution is -1.92. The van der Waals surface area contributed by atoms with Gasteiger partial charge in [0.1, 0.15) is 0 Å². The summed E-state index contributed by atoms with van der Waals surface area (Å²) in [6.07, 6.45) is 2.86. The van der Waals surface area contributed by atoms with E-state index in [1.54, 1.807) is 13.8 Å². The summed E-state index contributed by atoms with van der Waals surface area (Å²) in [5.41, 5.74) is 2.59. The molecule has 0 aromatic carbocycles. The Morgan fingerprint density at radius 2 is 1.71 bits per heavy atom. The van der Waals surface area contributed by atoms with Crippen LogP contribution in [0.5, 0.6) is 0 Å². The van der Waals surface area contributed by atoms with Gasteiger partial charge in [-0.1, -0.05) is 19.3 Å². The third kappa shape index (κ3) is 6.21. The SMILES string of the molecule is CCCCC#CP(=O)(OCC)OCC. The fraction of sp³-hybridized carbons (Fsp3) is 0.800. The Balaban J connectivity index is 4.17. The molecule has 14 heavy (non-hydrogen) atoms. The van der Waals surface area contributed by atoms with E-state index in [1.165, 1.54) is 0 Å². The van der Waals surface area contributed by atoms with E-state index < -0.39 is 7.60 Å². The molecule has 0 heterocycles. The second-order valence-corrected chi connectivity index (χ2v) is 4.46. The molecule has 0 radical (unpaired) electrons. The molecule has 0 aliphatic heterocycles. The molecule has 0 rings (SSSR count). The summed E-state index contributed by atoms with van der Waals surface area (Å²) < 4.78 is 21.8. The number of hydrogen-bond acceptors (Lipinski definition) is 3. The molecule has 0 unspecified atom stereocenters. The fourth-order valence-electron chi connectivity index (χ4n) is 0.860. The molecule has 0 saturated carbocycles.